The molecule has 0 bridgehead atoms. The summed E-state index contributed by atoms with van der Waals surface area (Å²) in [5.41, 5.74) is 2.43. The molecule has 0 saturated carbocycles. The summed E-state index contributed by atoms with van der Waals surface area (Å²) < 4.78 is 60.9. The normalized spacial score (nSPS) is 16.5. The molecule has 0 aliphatic carbocycles. The molecule has 0 amide bonds. The lowest BCUT2D eigenvalue weighted by Crippen LogP contribution is -2.46. The van der Waals surface area contributed by atoms with Gasteiger partial charge in [-0.2, -0.15) is 4.31 Å². The van der Waals surface area contributed by atoms with Gasteiger partial charge in [-0.1, -0.05) is 17.7 Å². The third-order valence-corrected chi connectivity index (χ3v) is 9.08. The molecule has 1 heterocycles. The van der Waals surface area contributed by atoms with Crippen LogP contribution in [0.25, 0.3) is 0 Å². The van der Waals surface area contributed by atoms with Crippen molar-refractivity contribution in [2.45, 2.75) is 49.4 Å². The summed E-state index contributed by atoms with van der Waals surface area (Å²) in [5.74, 6) is 0.587. The molecule has 1 fully saturated rings. The van der Waals surface area contributed by atoms with Crippen molar-refractivity contribution < 1.29 is 21.6 Å². The Labute approximate surface area is 179 Å². The van der Waals surface area contributed by atoms with Crippen molar-refractivity contribution in [1.82, 2.24) is 9.03 Å². The van der Waals surface area contributed by atoms with Crippen molar-refractivity contribution in [3.63, 3.8) is 0 Å². The molecule has 0 atom stereocenters. The number of hydrogen-bond donors (Lipinski definition) is 1. The minimum Gasteiger partial charge on any atom is -0.497 e. The number of rotatable bonds is 6. The van der Waals surface area contributed by atoms with Crippen LogP contribution in [0.3, 0.4) is 0 Å². The van der Waals surface area contributed by atoms with Crippen LogP contribution >= 0.6 is 0 Å². The van der Waals surface area contributed by atoms with Gasteiger partial charge in [0.2, 0.25) is 20.0 Å². The Hall–Kier alpha value is -1.94. The van der Waals surface area contributed by atoms with Crippen LogP contribution in [0.1, 0.15) is 29.5 Å². The second kappa shape index (κ2) is 8.66. The first-order valence-corrected chi connectivity index (χ1v) is 12.7. The van der Waals surface area contributed by atoms with Gasteiger partial charge in [0.25, 0.3) is 0 Å². The minimum absolute atomic E-state index is 0.202. The molecule has 3 rings (SSSR count). The maximum atomic E-state index is 13.0. The number of piperidine rings is 1. The van der Waals surface area contributed by atoms with Gasteiger partial charge in [-0.15, -0.1) is 0 Å². The number of methoxy groups -OCH3 is 1. The molecular formula is C21H28N2O5S2. The van der Waals surface area contributed by atoms with Crippen molar-refractivity contribution in [2.75, 3.05) is 20.2 Å². The lowest BCUT2D eigenvalue weighted by Gasteiger charge is -2.31. The molecule has 7 nitrogen and oxygen atoms in total. The van der Waals surface area contributed by atoms with Crippen LogP contribution in [-0.4, -0.2) is 47.4 Å². The summed E-state index contributed by atoms with van der Waals surface area (Å²) >= 11 is 0. The molecule has 1 aliphatic rings. The molecule has 30 heavy (non-hydrogen) atoms. The second-order valence-electron chi connectivity index (χ2n) is 7.70. The molecule has 2 aromatic rings. The largest absolute Gasteiger partial charge is 0.497 e. The first-order valence-electron chi connectivity index (χ1n) is 9.79. The van der Waals surface area contributed by atoms with Crippen LogP contribution in [0.15, 0.2) is 46.2 Å². The number of hydrogen-bond acceptors (Lipinski definition) is 5. The van der Waals surface area contributed by atoms with E-state index in [9.17, 15) is 16.8 Å². The molecule has 0 unspecified atom stereocenters. The maximum absolute atomic E-state index is 13.0. The predicted molar refractivity (Wildman–Crippen MR) is 116 cm³/mol. The fourth-order valence-corrected chi connectivity index (χ4v) is 7.21. The van der Waals surface area contributed by atoms with Gasteiger partial charge in [-0.05, 0) is 69.0 Å². The fraction of sp³-hybridized carbons (Fsp3) is 0.429. The maximum Gasteiger partial charge on any atom is 0.243 e. The Bertz CT molecular complexity index is 1100. The second-order valence-corrected chi connectivity index (χ2v) is 11.3. The Balaban J connectivity index is 1.69. The number of benzene rings is 2. The molecule has 0 aromatic heterocycles. The summed E-state index contributed by atoms with van der Waals surface area (Å²) in [5, 5.41) is 0. The van der Waals surface area contributed by atoms with E-state index in [4.69, 9.17) is 4.74 Å². The topological polar surface area (TPSA) is 92.8 Å². The van der Waals surface area contributed by atoms with Gasteiger partial charge in [0.05, 0.1) is 16.9 Å². The quantitative estimate of drug-likeness (QED) is 0.728. The number of sulfonamides is 2. The third-order valence-electron chi connectivity index (χ3n) is 5.35. The van der Waals surface area contributed by atoms with Gasteiger partial charge in [0.15, 0.2) is 0 Å². The molecule has 164 valence electrons. The van der Waals surface area contributed by atoms with Crippen LogP contribution in [0.4, 0.5) is 0 Å². The van der Waals surface area contributed by atoms with Gasteiger partial charge in [0, 0.05) is 19.1 Å². The van der Waals surface area contributed by atoms with E-state index in [1.54, 1.807) is 26.0 Å². The predicted octanol–water partition coefficient (Wildman–Crippen LogP) is 2.75. The van der Waals surface area contributed by atoms with Crippen LogP contribution in [0, 0.1) is 20.8 Å². The Kier molecular flexibility index (Phi) is 6.57. The van der Waals surface area contributed by atoms with Crippen molar-refractivity contribution in [2.24, 2.45) is 0 Å². The fourth-order valence-electron chi connectivity index (χ4n) is 3.98. The molecule has 9 heteroatoms. The summed E-state index contributed by atoms with van der Waals surface area (Å²) in [4.78, 5) is 0.509. The molecule has 1 N–H and O–H groups in total. The van der Waals surface area contributed by atoms with Crippen molar-refractivity contribution in [1.29, 1.82) is 0 Å². The zero-order valence-corrected chi connectivity index (χ0v) is 19.3. The van der Waals surface area contributed by atoms with Gasteiger partial charge < -0.3 is 4.74 Å². The summed E-state index contributed by atoms with van der Waals surface area (Å²) in [6, 6.07) is 9.66. The Morgan fingerprint density at radius 1 is 0.933 bits per heavy atom. The standard InChI is InChI=1S/C21H28N2O5S2/c1-15-13-16(2)21(17(3)14-15)29(24,25)22-18-9-11-23(12-10-18)30(26,27)20-7-5-19(28-4)6-8-20/h5-8,13-14,18,22H,9-12H2,1-4H3. The molecule has 2 aromatic carbocycles. The van der Waals surface area contributed by atoms with E-state index in [0.717, 1.165) is 5.56 Å². The van der Waals surface area contributed by atoms with Gasteiger partial charge in [-0.25, -0.2) is 21.6 Å². The van der Waals surface area contributed by atoms with Gasteiger partial charge in [-0.3, -0.25) is 0 Å². The third kappa shape index (κ3) is 4.69. The molecule has 0 radical (unpaired) electrons. The highest BCUT2D eigenvalue weighted by Crippen LogP contribution is 2.25. The molecule has 0 spiro atoms. The van der Waals surface area contributed by atoms with E-state index < -0.39 is 20.0 Å². The lowest BCUT2D eigenvalue weighted by molar-refractivity contribution is 0.308. The number of nitrogens with one attached hydrogen (secondary N) is 1. The number of nitrogens with zero attached hydrogens (tertiary/aromatic N) is 1. The van der Waals surface area contributed by atoms with E-state index in [2.05, 4.69) is 4.72 Å². The summed E-state index contributed by atoms with van der Waals surface area (Å²) in [6.07, 6.45) is 0.830. The highest BCUT2D eigenvalue weighted by Gasteiger charge is 2.32. The van der Waals surface area contributed by atoms with Crippen molar-refractivity contribution >= 4 is 20.0 Å². The lowest BCUT2D eigenvalue weighted by atomic mass is 10.1. The van der Waals surface area contributed by atoms with E-state index in [1.807, 2.05) is 19.1 Å². The van der Waals surface area contributed by atoms with Crippen molar-refractivity contribution in [3.8, 4) is 5.75 Å². The van der Waals surface area contributed by atoms with E-state index >= 15 is 0 Å². The SMILES string of the molecule is COc1ccc(S(=O)(=O)N2CCC(NS(=O)(=O)c3c(C)cc(C)cc3C)CC2)cc1. The first-order chi connectivity index (χ1) is 14.0. The molecule has 1 aliphatic heterocycles. The average molecular weight is 453 g/mol. The van der Waals surface area contributed by atoms with Gasteiger partial charge >= 0.3 is 0 Å². The average Bonchev–Trinajstić information content (AvgIpc) is 2.67. The highest BCUT2D eigenvalue weighted by molar-refractivity contribution is 7.89. The van der Waals surface area contributed by atoms with Crippen LogP contribution in [-0.2, 0) is 20.0 Å². The minimum atomic E-state index is -3.68. The van der Waals surface area contributed by atoms with E-state index in [0.29, 0.717) is 34.6 Å². The molecular weight excluding hydrogens is 424 g/mol. The van der Waals surface area contributed by atoms with E-state index in [-0.39, 0.29) is 24.0 Å². The highest BCUT2D eigenvalue weighted by atomic mass is 32.2. The van der Waals surface area contributed by atoms with Crippen molar-refractivity contribution in [3.05, 3.63) is 53.1 Å². The van der Waals surface area contributed by atoms with E-state index in [1.165, 1.54) is 23.5 Å². The van der Waals surface area contributed by atoms with Crippen LogP contribution in [0.2, 0.25) is 0 Å². The van der Waals surface area contributed by atoms with Crippen LogP contribution < -0.4 is 9.46 Å². The first kappa shape index (κ1) is 22.7. The monoisotopic (exact) mass is 452 g/mol. The van der Waals surface area contributed by atoms with Crippen LogP contribution in [0.5, 0.6) is 5.75 Å². The number of ether oxygens (including phenoxy) is 1. The molecule has 1 saturated heterocycles. The number of aryl methyl sites for hydroxylation is 3. The zero-order chi connectivity index (χ0) is 22.1. The smallest absolute Gasteiger partial charge is 0.243 e. The van der Waals surface area contributed by atoms with Gasteiger partial charge in [0.1, 0.15) is 5.75 Å². The summed E-state index contributed by atoms with van der Waals surface area (Å²) in [6.45, 7) is 6.03. The summed E-state index contributed by atoms with van der Waals surface area (Å²) in [7, 11) is -5.78. The Morgan fingerprint density at radius 2 is 1.47 bits per heavy atom. The Morgan fingerprint density at radius 3 is 1.97 bits per heavy atom. The zero-order valence-electron chi connectivity index (χ0n) is 17.7.